The molecule has 41 heavy (non-hydrogen) atoms. The van der Waals surface area contributed by atoms with E-state index in [0.29, 0.717) is 11.1 Å². The number of carbonyl (C=O) groups is 1. The van der Waals surface area contributed by atoms with E-state index in [2.05, 4.69) is 0 Å². The Labute approximate surface area is 251 Å². The summed E-state index contributed by atoms with van der Waals surface area (Å²) in [4.78, 5) is 10.3. The number of rotatable bonds is 10. The van der Waals surface area contributed by atoms with Crippen LogP contribution in [-0.2, 0) is 48.6 Å². The first-order chi connectivity index (χ1) is 19.2. The van der Waals surface area contributed by atoms with Crippen LogP contribution in [0.1, 0.15) is 21.5 Å². The fraction of sp³-hybridized carbons (Fsp3) is 0.0952. The van der Waals surface area contributed by atoms with Crippen LogP contribution in [0.25, 0.3) is 0 Å². The normalized spacial score (nSPS) is 14.7. The van der Waals surface area contributed by atoms with Gasteiger partial charge in [0.05, 0.1) is 15.4 Å². The Morgan fingerprint density at radius 3 is 1.27 bits per heavy atom. The lowest BCUT2D eigenvalue weighted by atomic mass is 10.2. The Morgan fingerprint density at radius 1 is 0.585 bits per heavy atom. The summed E-state index contributed by atoms with van der Waals surface area (Å²) < 4.78 is 109. The number of carboxylic acids is 1. The summed E-state index contributed by atoms with van der Waals surface area (Å²) in [5, 5.41) is 9.38. The van der Waals surface area contributed by atoms with E-state index < -0.39 is 92.2 Å². The van der Waals surface area contributed by atoms with Crippen LogP contribution < -0.4 is 0 Å². The van der Waals surface area contributed by atoms with Crippen molar-refractivity contribution < 1.29 is 53.4 Å². The van der Waals surface area contributed by atoms with Crippen molar-refractivity contribution in [2.75, 3.05) is 0 Å². The molecule has 0 atom stereocenters. The van der Waals surface area contributed by atoms with Crippen molar-refractivity contribution in [3.63, 3.8) is 0 Å². The first kappa shape index (κ1) is 32.3. The van der Waals surface area contributed by atoms with E-state index in [1.807, 2.05) is 0 Å². The molecule has 0 aliphatic carbocycles. The number of benzene rings is 3. The molecule has 0 saturated carbocycles. The first-order valence-electron chi connectivity index (χ1n) is 11.4. The van der Waals surface area contributed by atoms with Crippen molar-refractivity contribution in [1.29, 1.82) is 0 Å². The molecule has 1 aliphatic rings. The summed E-state index contributed by atoms with van der Waals surface area (Å²) in [7, 11) is -14.0. The fourth-order valence-electron chi connectivity index (χ4n) is 3.51. The molecule has 1 fully saturated rings. The van der Waals surface area contributed by atoms with Gasteiger partial charge in [0.15, 0.2) is 0 Å². The lowest BCUT2D eigenvalue weighted by molar-refractivity contribution is 0.0691. The van der Waals surface area contributed by atoms with Crippen LogP contribution in [0.2, 0.25) is 0 Å². The third-order valence-electron chi connectivity index (χ3n) is 5.40. The summed E-state index contributed by atoms with van der Waals surface area (Å²) in [5.41, 5.74) is 0.0187. The van der Waals surface area contributed by atoms with E-state index >= 15 is 0 Å². The van der Waals surface area contributed by atoms with Gasteiger partial charge in [-0.2, -0.15) is 25.3 Å². The monoisotopic (exact) mass is 672 g/mol. The quantitative estimate of drug-likeness (QED) is 0.305. The standard InChI is InChI=1S/C7H6O5S.2C7H8O3S.3Al.3O/c8-7(9)5-3-1-2-4-6(5)13(10,11)12;2*1-6-4-2-3-5-7(6)11(8,9)10;;;;;;/h1-4H,(H,8,9)(H,10,11,12);2*2-5H,1H3,(H,8,9,10);;;;;;/q;;;3*+1;;;/p-3. The molecule has 0 radical (unpaired) electrons. The molecule has 1 N–H and O–H groups in total. The molecular weight excluding hydrogens is 653 g/mol. The van der Waals surface area contributed by atoms with Crippen LogP contribution in [0.15, 0.2) is 87.5 Å². The summed E-state index contributed by atoms with van der Waals surface area (Å²) in [6.45, 7) is 3.01. The summed E-state index contributed by atoms with van der Waals surface area (Å²) in [5.74, 6) is -1.57. The lowest BCUT2D eigenvalue weighted by Gasteiger charge is -2.27. The topological polar surface area (TPSA) is 195 Å². The van der Waals surface area contributed by atoms with Gasteiger partial charge in [-0.15, -0.1) is 0 Å². The Kier molecular flexibility index (Phi) is 10.2. The third kappa shape index (κ3) is 7.84. The predicted octanol–water partition coefficient (Wildman–Crippen LogP) is 1.54. The molecule has 4 rings (SSSR count). The molecule has 0 aromatic heterocycles. The molecule has 0 spiro atoms. The van der Waals surface area contributed by atoms with Gasteiger partial charge in [0, 0.05) is 0 Å². The average Bonchev–Trinajstić information content (AvgIpc) is 2.88. The van der Waals surface area contributed by atoms with E-state index in [1.54, 1.807) is 12.1 Å². The van der Waals surface area contributed by atoms with Crippen LogP contribution >= 0.6 is 0 Å². The zero-order valence-corrected chi connectivity index (χ0v) is 27.1. The zero-order valence-electron chi connectivity index (χ0n) is 21.1. The molecule has 20 heteroatoms. The molecule has 0 unspecified atom stereocenters. The van der Waals surface area contributed by atoms with Crippen LogP contribution in [0.4, 0.5) is 0 Å². The fourth-order valence-corrected chi connectivity index (χ4v) is 17.5. The summed E-state index contributed by atoms with van der Waals surface area (Å²) in [6, 6.07) is 16.1. The minimum Gasteiger partial charge on any atom is -0.544 e. The van der Waals surface area contributed by atoms with Gasteiger partial charge < -0.3 is 23.3 Å². The average molecular weight is 673 g/mol. The second kappa shape index (κ2) is 12.9. The highest BCUT2D eigenvalue weighted by molar-refractivity contribution is 7.88. The molecule has 0 bridgehead atoms. The van der Waals surface area contributed by atoms with E-state index in [9.17, 15) is 35.2 Å². The Hall–Kier alpha value is -1.66. The number of aromatic carboxylic acids is 1. The second-order valence-electron chi connectivity index (χ2n) is 8.26. The van der Waals surface area contributed by atoms with Gasteiger partial charge in [-0.25, -0.2) is 4.79 Å². The highest BCUT2D eigenvalue weighted by atomic mass is 32.2. The number of aryl methyl sites for hydroxylation is 2. The van der Waals surface area contributed by atoms with Crippen molar-refractivity contribution in [3.8, 4) is 0 Å². The highest BCUT2D eigenvalue weighted by Crippen LogP contribution is 2.26. The molecule has 1 aliphatic heterocycles. The Balaban J connectivity index is 1.65. The Morgan fingerprint density at radius 2 is 0.902 bits per heavy atom. The van der Waals surface area contributed by atoms with E-state index in [1.165, 1.54) is 62.4 Å². The van der Waals surface area contributed by atoms with Crippen LogP contribution in [0.3, 0.4) is 0 Å². The van der Waals surface area contributed by atoms with Crippen molar-refractivity contribution in [1.82, 2.24) is 0 Å². The minimum atomic E-state index is -4.88. The van der Waals surface area contributed by atoms with Gasteiger partial charge in [0.25, 0.3) is 30.4 Å². The molecule has 0 amide bonds. The van der Waals surface area contributed by atoms with Crippen molar-refractivity contribution in [2.24, 2.45) is 0 Å². The molecule has 1 heterocycles. The van der Waals surface area contributed by atoms with Gasteiger partial charge in [0.2, 0.25) is 0 Å². The molecule has 14 nitrogen and oxygen atoms in total. The van der Waals surface area contributed by atoms with E-state index in [4.69, 9.17) is 18.2 Å². The molecule has 3 aromatic carbocycles. The van der Waals surface area contributed by atoms with Gasteiger partial charge in [-0.05, 0) is 49.2 Å². The lowest BCUT2D eigenvalue weighted by Crippen LogP contribution is -2.54. The van der Waals surface area contributed by atoms with E-state index in [-0.39, 0.29) is 9.79 Å². The number of hydrogen-bond donors (Lipinski definition) is 1. The molecular formula is C21H19Al3O14S3. The second-order valence-corrected chi connectivity index (χ2v) is 19.6. The molecule has 1 saturated heterocycles. The van der Waals surface area contributed by atoms with Crippen molar-refractivity contribution >= 4 is 81.8 Å². The van der Waals surface area contributed by atoms with Crippen molar-refractivity contribution in [2.45, 2.75) is 28.5 Å². The maximum Gasteiger partial charge on any atom is 0.865 e. The largest absolute Gasteiger partial charge is 0.865 e. The smallest absolute Gasteiger partial charge is 0.544 e. The molecule has 214 valence electrons. The van der Waals surface area contributed by atoms with E-state index in [0.717, 1.165) is 12.1 Å². The van der Waals surface area contributed by atoms with Crippen LogP contribution in [0.5, 0.6) is 0 Å². The van der Waals surface area contributed by atoms with Crippen LogP contribution in [-0.4, -0.2) is 81.8 Å². The first-order valence-corrected chi connectivity index (χ1v) is 19.9. The number of hydrogen-bond acceptors (Lipinski definition) is 13. The SMILES string of the molecule is Cc1ccccc1S(=O)(=O)[O][Al]1[O][Al]([O]S(=O)(=O)c2ccccc2C)[O][Al]([O]S(=O)(=O)c2ccccc2C(=O)O)[O]1. The van der Waals surface area contributed by atoms with Gasteiger partial charge in [-0.1, -0.05) is 48.5 Å². The van der Waals surface area contributed by atoms with Gasteiger partial charge in [-0.3, -0.25) is 0 Å². The zero-order chi connectivity index (χ0) is 30.0. The maximum absolute atomic E-state index is 13.0. The Bertz CT molecular complexity index is 1700. The predicted molar refractivity (Wildman–Crippen MR) is 141 cm³/mol. The minimum absolute atomic E-state index is 0.236. The van der Waals surface area contributed by atoms with Gasteiger partial charge >= 0.3 is 51.4 Å². The summed E-state index contributed by atoms with van der Waals surface area (Å²) >= 11 is -11.9. The van der Waals surface area contributed by atoms with Gasteiger partial charge in [0.1, 0.15) is 4.90 Å². The third-order valence-corrected chi connectivity index (χ3v) is 18.5. The summed E-state index contributed by atoms with van der Waals surface area (Å²) in [6.07, 6.45) is 0. The maximum atomic E-state index is 13.0. The molecule has 3 aromatic rings. The van der Waals surface area contributed by atoms with Crippen molar-refractivity contribution in [3.05, 3.63) is 89.5 Å². The highest BCUT2D eigenvalue weighted by Gasteiger charge is 2.60. The number of carboxylic acid groups (broad SMARTS) is 1. The van der Waals surface area contributed by atoms with Crippen LogP contribution in [0, 0.1) is 13.8 Å².